The predicted molar refractivity (Wildman–Crippen MR) is 77.1 cm³/mol. The Morgan fingerprint density at radius 2 is 2.17 bits per heavy atom. The molecule has 92 valence electrons. The third kappa shape index (κ3) is 2.36. The largest absolute Gasteiger partial charge is 0.377 e. The third-order valence-electron chi connectivity index (χ3n) is 3.17. The number of thioether (sulfide) groups is 1. The summed E-state index contributed by atoms with van der Waals surface area (Å²) in [4.78, 5) is 5.64. The minimum Gasteiger partial charge on any atom is -0.377 e. The van der Waals surface area contributed by atoms with E-state index in [9.17, 15) is 0 Å². The molecular weight excluding hydrogens is 240 g/mol. The minimum atomic E-state index is 0.408. The first-order valence-electron chi connectivity index (χ1n) is 6.23. The van der Waals surface area contributed by atoms with Crippen molar-refractivity contribution in [3.05, 3.63) is 53.9 Å². The Morgan fingerprint density at radius 3 is 3.06 bits per heavy atom. The molecule has 1 aliphatic heterocycles. The monoisotopic (exact) mass is 256 g/mol. The van der Waals surface area contributed by atoms with Crippen molar-refractivity contribution in [3.63, 3.8) is 0 Å². The van der Waals surface area contributed by atoms with Crippen LogP contribution >= 0.6 is 11.8 Å². The Balaban J connectivity index is 1.86. The fourth-order valence-corrected chi connectivity index (χ4v) is 3.45. The van der Waals surface area contributed by atoms with Gasteiger partial charge in [-0.2, -0.15) is 0 Å². The average molecular weight is 256 g/mol. The zero-order valence-electron chi connectivity index (χ0n) is 10.4. The molecule has 1 unspecified atom stereocenters. The Bertz CT molecular complexity index is 554. The van der Waals surface area contributed by atoms with Gasteiger partial charge in [0.15, 0.2) is 0 Å². The van der Waals surface area contributed by atoms with Crippen LogP contribution < -0.4 is 5.32 Å². The molecule has 1 atom stereocenters. The second-order valence-electron chi connectivity index (χ2n) is 4.62. The molecule has 0 radical (unpaired) electrons. The van der Waals surface area contributed by atoms with Gasteiger partial charge in [0.25, 0.3) is 0 Å². The first-order valence-corrected chi connectivity index (χ1v) is 7.21. The summed E-state index contributed by atoms with van der Waals surface area (Å²) in [5.41, 5.74) is 3.72. The fourth-order valence-electron chi connectivity index (χ4n) is 2.33. The first-order chi connectivity index (χ1) is 8.83. The normalized spacial score (nSPS) is 18.2. The first kappa shape index (κ1) is 11.6. The van der Waals surface area contributed by atoms with Crippen molar-refractivity contribution in [2.75, 3.05) is 11.1 Å². The van der Waals surface area contributed by atoms with Crippen LogP contribution in [-0.2, 0) is 0 Å². The standard InChI is InChI=1S/C15H16N2S/c1-11-8-12(10-16-9-11)17-14-6-7-18-15-5-3-2-4-13(14)15/h2-5,8-10,14,17H,6-7H2,1H3. The number of anilines is 1. The van der Waals surface area contributed by atoms with E-state index in [-0.39, 0.29) is 0 Å². The molecule has 0 spiro atoms. The van der Waals surface area contributed by atoms with Crippen molar-refractivity contribution in [2.45, 2.75) is 24.3 Å². The number of aryl methyl sites for hydroxylation is 1. The molecule has 0 saturated heterocycles. The van der Waals surface area contributed by atoms with Gasteiger partial charge in [-0.05, 0) is 36.6 Å². The van der Waals surface area contributed by atoms with Crippen molar-refractivity contribution in [1.29, 1.82) is 0 Å². The van der Waals surface area contributed by atoms with Gasteiger partial charge >= 0.3 is 0 Å². The van der Waals surface area contributed by atoms with Crippen molar-refractivity contribution < 1.29 is 0 Å². The van der Waals surface area contributed by atoms with Crippen LogP contribution in [0, 0.1) is 6.92 Å². The van der Waals surface area contributed by atoms with Crippen molar-refractivity contribution in [3.8, 4) is 0 Å². The predicted octanol–water partition coefficient (Wildman–Crippen LogP) is 4.04. The Morgan fingerprint density at radius 1 is 1.28 bits per heavy atom. The maximum atomic E-state index is 4.24. The molecule has 1 aliphatic rings. The van der Waals surface area contributed by atoms with E-state index in [1.807, 2.05) is 24.2 Å². The Kier molecular flexibility index (Phi) is 3.24. The van der Waals surface area contributed by atoms with Crippen LogP contribution in [0.4, 0.5) is 5.69 Å². The lowest BCUT2D eigenvalue weighted by Gasteiger charge is -2.26. The number of aromatic nitrogens is 1. The van der Waals surface area contributed by atoms with E-state index >= 15 is 0 Å². The van der Waals surface area contributed by atoms with Crippen LogP contribution in [0.15, 0.2) is 47.6 Å². The SMILES string of the molecule is Cc1cncc(NC2CCSc3ccccc32)c1. The molecule has 0 amide bonds. The second-order valence-corrected chi connectivity index (χ2v) is 5.76. The summed E-state index contributed by atoms with van der Waals surface area (Å²) >= 11 is 1.95. The minimum absolute atomic E-state index is 0.408. The molecule has 2 heterocycles. The van der Waals surface area contributed by atoms with Gasteiger partial charge in [0.1, 0.15) is 0 Å². The highest BCUT2D eigenvalue weighted by Gasteiger charge is 2.19. The number of nitrogens with one attached hydrogen (secondary N) is 1. The van der Waals surface area contributed by atoms with E-state index in [0.717, 1.165) is 12.1 Å². The molecule has 2 aromatic rings. The van der Waals surface area contributed by atoms with Gasteiger partial charge < -0.3 is 5.32 Å². The van der Waals surface area contributed by atoms with E-state index in [1.165, 1.54) is 21.8 Å². The van der Waals surface area contributed by atoms with Crippen LogP contribution in [0.2, 0.25) is 0 Å². The lowest BCUT2D eigenvalue weighted by atomic mass is 10.0. The van der Waals surface area contributed by atoms with E-state index in [2.05, 4.69) is 47.6 Å². The molecule has 0 aliphatic carbocycles. The third-order valence-corrected chi connectivity index (χ3v) is 4.30. The summed E-state index contributed by atoms with van der Waals surface area (Å²) in [7, 11) is 0. The summed E-state index contributed by atoms with van der Waals surface area (Å²) in [6, 6.07) is 11.2. The number of hydrogen-bond donors (Lipinski definition) is 1. The van der Waals surface area contributed by atoms with Crippen LogP contribution in [0.5, 0.6) is 0 Å². The van der Waals surface area contributed by atoms with Gasteiger partial charge in [-0.3, -0.25) is 4.98 Å². The zero-order chi connectivity index (χ0) is 12.4. The zero-order valence-corrected chi connectivity index (χ0v) is 11.2. The summed E-state index contributed by atoms with van der Waals surface area (Å²) in [6.45, 7) is 2.07. The number of pyridine rings is 1. The van der Waals surface area contributed by atoms with Gasteiger partial charge in [0, 0.05) is 23.0 Å². The van der Waals surface area contributed by atoms with Crippen LogP contribution in [0.1, 0.15) is 23.6 Å². The number of hydrogen-bond acceptors (Lipinski definition) is 3. The quantitative estimate of drug-likeness (QED) is 0.877. The number of fused-ring (bicyclic) bond motifs is 1. The molecule has 0 fully saturated rings. The van der Waals surface area contributed by atoms with Gasteiger partial charge in [0.2, 0.25) is 0 Å². The topological polar surface area (TPSA) is 24.9 Å². The Hall–Kier alpha value is -1.48. The highest BCUT2D eigenvalue weighted by molar-refractivity contribution is 7.99. The lowest BCUT2D eigenvalue weighted by molar-refractivity contribution is 0.728. The molecule has 3 rings (SSSR count). The molecule has 18 heavy (non-hydrogen) atoms. The maximum Gasteiger partial charge on any atom is 0.0534 e. The van der Waals surface area contributed by atoms with Crippen molar-refractivity contribution >= 4 is 17.4 Å². The molecule has 1 N–H and O–H groups in total. The molecule has 0 saturated carbocycles. The van der Waals surface area contributed by atoms with Gasteiger partial charge in [-0.15, -0.1) is 11.8 Å². The van der Waals surface area contributed by atoms with Crippen molar-refractivity contribution in [1.82, 2.24) is 4.98 Å². The second kappa shape index (κ2) is 5.02. The number of nitrogens with zero attached hydrogens (tertiary/aromatic N) is 1. The molecular formula is C15H16N2S. The van der Waals surface area contributed by atoms with Crippen LogP contribution in [0.3, 0.4) is 0 Å². The highest BCUT2D eigenvalue weighted by Crippen LogP contribution is 2.37. The smallest absolute Gasteiger partial charge is 0.0534 e. The van der Waals surface area contributed by atoms with E-state index in [4.69, 9.17) is 0 Å². The van der Waals surface area contributed by atoms with Gasteiger partial charge in [-0.1, -0.05) is 18.2 Å². The van der Waals surface area contributed by atoms with Gasteiger partial charge in [0.05, 0.1) is 11.7 Å². The molecule has 0 bridgehead atoms. The molecule has 3 heteroatoms. The molecule has 1 aromatic carbocycles. The highest BCUT2D eigenvalue weighted by atomic mass is 32.2. The van der Waals surface area contributed by atoms with Crippen molar-refractivity contribution in [2.24, 2.45) is 0 Å². The molecule has 1 aromatic heterocycles. The fraction of sp³-hybridized carbons (Fsp3) is 0.267. The van der Waals surface area contributed by atoms with E-state index in [0.29, 0.717) is 6.04 Å². The lowest BCUT2D eigenvalue weighted by Crippen LogP contribution is -2.16. The summed E-state index contributed by atoms with van der Waals surface area (Å²) < 4.78 is 0. The van der Waals surface area contributed by atoms with E-state index in [1.54, 1.807) is 0 Å². The number of rotatable bonds is 2. The Labute approximate surface area is 112 Å². The number of benzene rings is 1. The van der Waals surface area contributed by atoms with Crippen LogP contribution in [0.25, 0.3) is 0 Å². The maximum absolute atomic E-state index is 4.24. The van der Waals surface area contributed by atoms with Crippen LogP contribution in [-0.4, -0.2) is 10.7 Å². The van der Waals surface area contributed by atoms with Gasteiger partial charge in [-0.25, -0.2) is 0 Å². The summed E-state index contributed by atoms with van der Waals surface area (Å²) in [5.74, 6) is 1.17. The summed E-state index contributed by atoms with van der Waals surface area (Å²) in [5, 5.41) is 3.60. The molecule has 2 nitrogen and oxygen atoms in total. The average Bonchev–Trinajstić information content (AvgIpc) is 2.39. The van der Waals surface area contributed by atoms with E-state index < -0.39 is 0 Å². The summed E-state index contributed by atoms with van der Waals surface area (Å²) in [6.07, 6.45) is 4.95.